The van der Waals surface area contributed by atoms with Crippen molar-refractivity contribution in [2.24, 2.45) is 5.73 Å². The summed E-state index contributed by atoms with van der Waals surface area (Å²) in [5.74, 6) is 0.285. The minimum Gasteiger partial charge on any atom is -0.445 e. The average Bonchev–Trinajstić information content (AvgIpc) is 2.77. The Morgan fingerprint density at radius 3 is 2.89 bits per heavy atom. The summed E-state index contributed by atoms with van der Waals surface area (Å²) in [6.45, 7) is 2.44. The van der Waals surface area contributed by atoms with E-state index in [0.29, 0.717) is 18.0 Å². The first kappa shape index (κ1) is 13.2. The number of aromatic nitrogens is 1. The Morgan fingerprint density at radius 2 is 2.26 bits per heavy atom. The number of nitrogens with one attached hydrogen (secondary N) is 1. The predicted octanol–water partition coefficient (Wildman–Crippen LogP) is 1.51. The Kier molecular flexibility index (Phi) is 3.91. The van der Waals surface area contributed by atoms with Gasteiger partial charge >= 0.3 is 0 Å². The van der Waals surface area contributed by atoms with Crippen LogP contribution < -0.4 is 11.1 Å². The molecule has 0 atom stereocenters. The summed E-state index contributed by atoms with van der Waals surface area (Å²) in [6.07, 6.45) is 1.62. The first-order valence-corrected chi connectivity index (χ1v) is 5.76. The third kappa shape index (κ3) is 3.38. The predicted molar refractivity (Wildman–Crippen MR) is 66.7 cm³/mol. The largest absolute Gasteiger partial charge is 0.445 e. The molecular formula is C13H14FN3O2. The van der Waals surface area contributed by atoms with Gasteiger partial charge in [0.1, 0.15) is 11.6 Å². The lowest BCUT2D eigenvalue weighted by Gasteiger charge is -2.05. The molecule has 0 aliphatic heterocycles. The van der Waals surface area contributed by atoms with Gasteiger partial charge in [-0.2, -0.15) is 0 Å². The number of rotatable bonds is 5. The van der Waals surface area contributed by atoms with Crippen molar-refractivity contribution < 1.29 is 13.6 Å². The summed E-state index contributed by atoms with van der Waals surface area (Å²) < 4.78 is 18.8. The number of carbonyl (C=O) groups excluding carboxylic acids is 1. The van der Waals surface area contributed by atoms with E-state index in [4.69, 9.17) is 10.2 Å². The number of oxazole rings is 1. The van der Waals surface area contributed by atoms with Gasteiger partial charge in [0.25, 0.3) is 0 Å². The highest BCUT2D eigenvalue weighted by molar-refractivity contribution is 5.92. The van der Waals surface area contributed by atoms with Crippen LogP contribution in [0.5, 0.6) is 0 Å². The van der Waals surface area contributed by atoms with Crippen molar-refractivity contribution in [3.05, 3.63) is 53.0 Å². The third-order valence-electron chi connectivity index (χ3n) is 2.59. The molecule has 0 saturated heterocycles. The average molecular weight is 263 g/mol. The zero-order valence-electron chi connectivity index (χ0n) is 10.4. The van der Waals surface area contributed by atoms with Gasteiger partial charge in [-0.05, 0) is 25.1 Å². The van der Waals surface area contributed by atoms with Crippen molar-refractivity contribution in [2.75, 3.05) is 0 Å². The normalized spacial score (nSPS) is 10.6. The van der Waals surface area contributed by atoms with Gasteiger partial charge in [0, 0.05) is 17.7 Å². The summed E-state index contributed by atoms with van der Waals surface area (Å²) in [5, 5.41) is 2.99. The molecule has 0 bridgehead atoms. The molecule has 0 saturated carbocycles. The number of amides is 1. The second-order valence-electron chi connectivity index (χ2n) is 4.14. The first-order chi connectivity index (χ1) is 9.06. The molecule has 0 spiro atoms. The fraction of sp³-hybridized carbons (Fsp3) is 0.231. The second-order valence-corrected chi connectivity index (χ2v) is 4.14. The molecule has 0 aliphatic carbocycles. The van der Waals surface area contributed by atoms with Crippen LogP contribution in [0.2, 0.25) is 0 Å². The summed E-state index contributed by atoms with van der Waals surface area (Å²) in [6, 6.07) is 4.02. The van der Waals surface area contributed by atoms with Gasteiger partial charge in [0.05, 0.1) is 12.7 Å². The fourth-order valence-corrected chi connectivity index (χ4v) is 1.65. The van der Waals surface area contributed by atoms with Crippen LogP contribution in [0.3, 0.4) is 0 Å². The number of nitrogens with zero attached hydrogens (tertiary/aromatic N) is 1. The van der Waals surface area contributed by atoms with Crippen molar-refractivity contribution in [3.63, 3.8) is 0 Å². The summed E-state index contributed by atoms with van der Waals surface area (Å²) in [4.78, 5) is 15.0. The van der Waals surface area contributed by atoms with E-state index < -0.39 is 5.91 Å². The highest BCUT2D eigenvalue weighted by Gasteiger charge is 2.07. The summed E-state index contributed by atoms with van der Waals surface area (Å²) in [5.41, 5.74) is 5.81. The molecule has 6 heteroatoms. The van der Waals surface area contributed by atoms with Gasteiger partial charge in [-0.25, -0.2) is 9.37 Å². The molecule has 0 unspecified atom stereocenters. The van der Waals surface area contributed by atoms with E-state index in [1.165, 1.54) is 18.2 Å². The van der Waals surface area contributed by atoms with Crippen LogP contribution in [0.1, 0.15) is 27.6 Å². The molecular weight excluding hydrogens is 249 g/mol. The fourth-order valence-electron chi connectivity index (χ4n) is 1.65. The maximum Gasteiger partial charge on any atom is 0.248 e. The highest BCUT2D eigenvalue weighted by atomic mass is 19.1. The van der Waals surface area contributed by atoms with Gasteiger partial charge < -0.3 is 15.5 Å². The lowest BCUT2D eigenvalue weighted by atomic mass is 10.1. The zero-order chi connectivity index (χ0) is 13.8. The molecule has 2 aromatic rings. The van der Waals surface area contributed by atoms with Crippen molar-refractivity contribution in [2.45, 2.75) is 20.0 Å². The monoisotopic (exact) mass is 263 g/mol. The molecule has 100 valence electrons. The highest BCUT2D eigenvalue weighted by Crippen LogP contribution is 2.10. The molecule has 1 amide bonds. The number of halogens is 1. The van der Waals surface area contributed by atoms with E-state index in [-0.39, 0.29) is 17.9 Å². The van der Waals surface area contributed by atoms with E-state index in [0.717, 1.165) is 5.76 Å². The summed E-state index contributed by atoms with van der Waals surface area (Å²) in [7, 11) is 0. The second kappa shape index (κ2) is 5.62. The molecule has 5 nitrogen and oxygen atoms in total. The number of nitrogens with two attached hydrogens (primary N) is 1. The summed E-state index contributed by atoms with van der Waals surface area (Å²) >= 11 is 0. The minimum atomic E-state index is -0.579. The zero-order valence-corrected chi connectivity index (χ0v) is 10.4. The Bertz CT molecular complexity index is 595. The van der Waals surface area contributed by atoms with E-state index >= 15 is 0 Å². The molecule has 1 aromatic heterocycles. The van der Waals surface area contributed by atoms with Crippen molar-refractivity contribution in [1.82, 2.24) is 10.3 Å². The number of carbonyl (C=O) groups is 1. The van der Waals surface area contributed by atoms with Gasteiger partial charge in [0.15, 0.2) is 0 Å². The number of benzene rings is 1. The van der Waals surface area contributed by atoms with Crippen molar-refractivity contribution in [1.29, 1.82) is 0 Å². The van der Waals surface area contributed by atoms with Gasteiger partial charge in [-0.15, -0.1) is 0 Å². The molecule has 0 radical (unpaired) electrons. The van der Waals surface area contributed by atoms with Crippen LogP contribution in [0, 0.1) is 12.7 Å². The Morgan fingerprint density at radius 1 is 1.47 bits per heavy atom. The first-order valence-electron chi connectivity index (χ1n) is 5.76. The number of hydrogen-bond acceptors (Lipinski definition) is 4. The Labute approximate surface area is 109 Å². The van der Waals surface area contributed by atoms with Crippen LogP contribution in [-0.2, 0) is 13.1 Å². The van der Waals surface area contributed by atoms with Crippen LogP contribution in [-0.4, -0.2) is 10.9 Å². The molecule has 1 heterocycles. The van der Waals surface area contributed by atoms with Crippen LogP contribution >= 0.6 is 0 Å². The van der Waals surface area contributed by atoms with E-state index in [2.05, 4.69) is 10.3 Å². The van der Waals surface area contributed by atoms with E-state index in [1.807, 2.05) is 0 Å². The van der Waals surface area contributed by atoms with E-state index in [1.54, 1.807) is 13.1 Å². The van der Waals surface area contributed by atoms with E-state index in [9.17, 15) is 9.18 Å². The maximum atomic E-state index is 13.5. The Balaban J connectivity index is 1.99. The van der Waals surface area contributed by atoms with Gasteiger partial charge in [-0.1, -0.05) is 0 Å². The molecule has 2 rings (SSSR count). The number of hydrogen-bond donors (Lipinski definition) is 2. The van der Waals surface area contributed by atoms with Crippen molar-refractivity contribution >= 4 is 5.91 Å². The maximum absolute atomic E-state index is 13.5. The SMILES string of the molecule is Cc1cnc(CNCc2cc(C(N)=O)ccc2F)o1. The standard InChI is InChI=1S/C13H14FN3O2/c1-8-5-17-12(19-8)7-16-6-10-4-9(13(15)18)2-3-11(10)14/h2-5,16H,6-7H2,1H3,(H2,15,18). The molecule has 0 aliphatic rings. The number of aryl methyl sites for hydroxylation is 1. The van der Waals surface area contributed by atoms with Crippen LogP contribution in [0.25, 0.3) is 0 Å². The lowest BCUT2D eigenvalue weighted by molar-refractivity contribution is 0.1000. The van der Waals surface area contributed by atoms with Crippen LogP contribution in [0.15, 0.2) is 28.8 Å². The molecule has 3 N–H and O–H groups in total. The minimum absolute atomic E-state index is 0.258. The van der Waals surface area contributed by atoms with Crippen molar-refractivity contribution in [3.8, 4) is 0 Å². The quantitative estimate of drug-likeness (QED) is 0.856. The molecule has 1 aromatic carbocycles. The molecule has 0 fully saturated rings. The topological polar surface area (TPSA) is 81.1 Å². The Hall–Kier alpha value is -2.21. The molecule has 19 heavy (non-hydrogen) atoms. The number of primary amides is 1. The third-order valence-corrected chi connectivity index (χ3v) is 2.59. The smallest absolute Gasteiger partial charge is 0.248 e. The van der Waals surface area contributed by atoms with Gasteiger partial charge in [-0.3, -0.25) is 4.79 Å². The van der Waals surface area contributed by atoms with Crippen LogP contribution in [0.4, 0.5) is 4.39 Å². The lowest BCUT2D eigenvalue weighted by Crippen LogP contribution is -2.16. The van der Waals surface area contributed by atoms with Gasteiger partial charge in [0.2, 0.25) is 11.8 Å².